The first-order valence-electron chi connectivity index (χ1n) is 7.20. The third-order valence-electron chi connectivity index (χ3n) is 3.63. The molecule has 118 valence electrons. The lowest BCUT2D eigenvalue weighted by atomic mass is 9.84. The van der Waals surface area contributed by atoms with E-state index in [-0.39, 0.29) is 0 Å². The van der Waals surface area contributed by atoms with Gasteiger partial charge in [-0.15, -0.1) is 0 Å². The largest absolute Gasteiger partial charge is 0.428 e. The lowest BCUT2D eigenvalue weighted by Gasteiger charge is -2.47. The Morgan fingerprint density at radius 2 is 1.85 bits per heavy atom. The average molecular weight is 323 g/mol. The maximum atomic E-state index is 11.9. The molecule has 0 aliphatic rings. The van der Waals surface area contributed by atoms with Crippen molar-refractivity contribution in [3.8, 4) is 0 Å². The van der Waals surface area contributed by atoms with E-state index in [1.807, 2.05) is 27.7 Å². The number of carbonyl (C=O) groups excluding carboxylic acids is 1. The molecule has 0 heterocycles. The molecule has 20 heavy (non-hydrogen) atoms. The second kappa shape index (κ2) is 9.55. The first-order valence-corrected chi connectivity index (χ1v) is 8.45. The first kappa shape index (κ1) is 19.6. The summed E-state index contributed by atoms with van der Waals surface area (Å²) in [4.78, 5) is 11.9. The van der Waals surface area contributed by atoms with E-state index in [1.165, 1.54) is 6.08 Å². The minimum absolute atomic E-state index is 0.453. The molecule has 0 aliphatic heterocycles. The summed E-state index contributed by atoms with van der Waals surface area (Å²) in [6.45, 7) is 8.55. The first-order chi connectivity index (χ1) is 9.51. The van der Waals surface area contributed by atoms with E-state index >= 15 is 0 Å². The quantitative estimate of drug-likeness (QED) is 0.268. The van der Waals surface area contributed by atoms with Gasteiger partial charge in [0.25, 0.3) is 0 Å². The molecule has 1 atom stereocenters. The van der Waals surface area contributed by atoms with E-state index in [1.54, 1.807) is 0 Å². The van der Waals surface area contributed by atoms with Gasteiger partial charge in [-0.05, 0) is 26.2 Å². The number of esters is 1. The van der Waals surface area contributed by atoms with Crippen LogP contribution in [0.5, 0.6) is 0 Å². The van der Waals surface area contributed by atoms with Crippen LogP contribution < -0.4 is 0 Å². The van der Waals surface area contributed by atoms with Crippen LogP contribution in [0.3, 0.4) is 0 Å². The Labute approximate surface area is 130 Å². The van der Waals surface area contributed by atoms with Crippen molar-refractivity contribution in [2.24, 2.45) is 0 Å². The molecule has 0 rings (SSSR count). The molecule has 0 spiro atoms. The number of ether oxygens (including phenoxy) is 2. The minimum Gasteiger partial charge on any atom is -0.428 e. The zero-order chi connectivity index (χ0) is 15.6. The molecular formula is C14H27ClO4Si. The molecular weight excluding hydrogens is 296 g/mol. The molecule has 4 nitrogen and oxygen atoms in total. The van der Waals surface area contributed by atoms with E-state index in [0.29, 0.717) is 36.4 Å². The highest BCUT2D eigenvalue weighted by Gasteiger charge is 2.53. The van der Waals surface area contributed by atoms with Crippen molar-refractivity contribution in [3.05, 3.63) is 11.6 Å². The predicted octanol–water partition coefficient (Wildman–Crippen LogP) is 2.67. The lowest BCUT2D eigenvalue weighted by Crippen LogP contribution is -2.59. The normalized spacial score (nSPS) is 15.4. The van der Waals surface area contributed by atoms with Gasteiger partial charge in [0.05, 0.1) is 0 Å². The van der Waals surface area contributed by atoms with Gasteiger partial charge in [-0.2, -0.15) is 0 Å². The summed E-state index contributed by atoms with van der Waals surface area (Å²) in [6.07, 6.45) is 4.03. The summed E-state index contributed by atoms with van der Waals surface area (Å²) in [6, 6.07) is 0. The van der Waals surface area contributed by atoms with Gasteiger partial charge in [0.2, 0.25) is 5.79 Å². The van der Waals surface area contributed by atoms with E-state index in [9.17, 15) is 4.79 Å². The third-order valence-corrected chi connectivity index (χ3v) is 4.42. The van der Waals surface area contributed by atoms with Crippen molar-refractivity contribution in [2.45, 2.75) is 64.8 Å². The number of hydrogen-bond acceptors (Lipinski definition) is 4. The molecule has 0 fully saturated rings. The number of rotatable bonds is 10. The fourth-order valence-electron chi connectivity index (χ4n) is 2.66. The van der Waals surface area contributed by atoms with Crippen molar-refractivity contribution >= 4 is 28.1 Å². The van der Waals surface area contributed by atoms with Gasteiger partial charge in [0.15, 0.2) is 10.5 Å². The summed E-state index contributed by atoms with van der Waals surface area (Å²) < 4.78 is 17.4. The number of hydrogen-bond donors (Lipinski definition) is 0. The fraction of sp³-hybridized carbons (Fsp3) is 0.786. The van der Waals surface area contributed by atoms with Crippen molar-refractivity contribution in [1.29, 1.82) is 0 Å². The summed E-state index contributed by atoms with van der Waals surface area (Å²) in [5, 5.41) is 0. The Kier molecular flexibility index (Phi) is 9.38. The van der Waals surface area contributed by atoms with Crippen molar-refractivity contribution in [1.82, 2.24) is 0 Å². The molecule has 0 aromatic rings. The molecule has 0 aliphatic carbocycles. The van der Waals surface area contributed by atoms with E-state index in [0.717, 1.165) is 12.0 Å². The van der Waals surface area contributed by atoms with Gasteiger partial charge in [0.1, 0.15) is 5.60 Å². The number of halogens is 1. The van der Waals surface area contributed by atoms with Gasteiger partial charge in [-0.25, -0.2) is 4.79 Å². The smallest absolute Gasteiger partial charge is 0.334 e. The Morgan fingerprint density at radius 3 is 2.20 bits per heavy atom. The van der Waals surface area contributed by atoms with E-state index in [2.05, 4.69) is 0 Å². The molecule has 0 radical (unpaired) electrons. The van der Waals surface area contributed by atoms with Crippen LogP contribution in [0.1, 0.15) is 53.4 Å². The van der Waals surface area contributed by atoms with Crippen molar-refractivity contribution < 1.29 is 18.7 Å². The molecule has 0 saturated heterocycles. The summed E-state index contributed by atoms with van der Waals surface area (Å²) >= 11 is 5.44. The molecule has 0 aromatic carbocycles. The van der Waals surface area contributed by atoms with Crippen LogP contribution in [0.25, 0.3) is 0 Å². The zero-order valence-corrected chi connectivity index (χ0v) is 16.0. The monoisotopic (exact) mass is 322 g/mol. The SMILES string of the molecule is CCCC(O[SiH3])(OC(=O)C=CCl)C(CC)(CC)OCC. The van der Waals surface area contributed by atoms with Crippen molar-refractivity contribution in [2.75, 3.05) is 6.61 Å². The highest BCUT2D eigenvalue weighted by molar-refractivity contribution is 6.26. The highest BCUT2D eigenvalue weighted by atomic mass is 35.5. The van der Waals surface area contributed by atoms with Gasteiger partial charge >= 0.3 is 5.97 Å². The highest BCUT2D eigenvalue weighted by Crippen LogP contribution is 2.40. The molecule has 0 bridgehead atoms. The van der Waals surface area contributed by atoms with Gasteiger partial charge in [-0.3, -0.25) is 0 Å². The zero-order valence-electron chi connectivity index (χ0n) is 13.2. The van der Waals surface area contributed by atoms with Gasteiger partial charge in [-0.1, -0.05) is 32.4 Å². The second-order valence-corrected chi connectivity index (χ2v) is 5.22. The summed E-state index contributed by atoms with van der Waals surface area (Å²) in [5.41, 5.74) is 0.516. The summed E-state index contributed by atoms with van der Waals surface area (Å²) in [5.74, 6) is -1.55. The maximum absolute atomic E-state index is 11.9. The van der Waals surface area contributed by atoms with Crippen LogP contribution >= 0.6 is 11.6 Å². The molecule has 0 saturated carbocycles. The molecule has 0 aromatic heterocycles. The molecule has 0 amide bonds. The maximum Gasteiger partial charge on any atom is 0.334 e. The molecule has 1 unspecified atom stereocenters. The third kappa shape index (κ3) is 4.31. The van der Waals surface area contributed by atoms with Crippen molar-refractivity contribution in [3.63, 3.8) is 0 Å². The lowest BCUT2D eigenvalue weighted by molar-refractivity contribution is -0.287. The van der Waals surface area contributed by atoms with Crippen LogP contribution in [0.4, 0.5) is 0 Å². The minimum atomic E-state index is -1.04. The summed E-state index contributed by atoms with van der Waals surface area (Å²) in [7, 11) is 0.453. The Morgan fingerprint density at radius 1 is 1.25 bits per heavy atom. The fourth-order valence-corrected chi connectivity index (χ4v) is 3.42. The van der Waals surface area contributed by atoms with Gasteiger partial charge in [0, 0.05) is 24.6 Å². The number of carbonyl (C=O) groups is 1. The van der Waals surface area contributed by atoms with Crippen LogP contribution in [0, 0.1) is 0 Å². The van der Waals surface area contributed by atoms with Crippen LogP contribution in [-0.4, -0.2) is 34.5 Å². The Balaban J connectivity index is 5.61. The Bertz CT molecular complexity index is 318. The van der Waals surface area contributed by atoms with E-state index < -0.39 is 17.4 Å². The molecule has 0 N–H and O–H groups in total. The Hall–Kier alpha value is -0.363. The predicted molar refractivity (Wildman–Crippen MR) is 84.7 cm³/mol. The van der Waals surface area contributed by atoms with Crippen LogP contribution in [0.15, 0.2) is 11.6 Å². The van der Waals surface area contributed by atoms with Gasteiger partial charge < -0.3 is 13.9 Å². The van der Waals surface area contributed by atoms with Crippen LogP contribution in [0.2, 0.25) is 0 Å². The second-order valence-electron chi connectivity index (χ2n) is 4.56. The average Bonchev–Trinajstić information content (AvgIpc) is 2.44. The molecule has 6 heteroatoms. The van der Waals surface area contributed by atoms with E-state index in [4.69, 9.17) is 25.5 Å². The standard InChI is InChI=1S/C14H27ClO4Si/c1-5-10-14(19-20,18-12(16)9-11-15)13(6-2,7-3)17-8-4/h9,11H,5-8,10H2,1-4,20H3. The topological polar surface area (TPSA) is 44.8 Å². The van der Waals surface area contributed by atoms with Crippen LogP contribution in [-0.2, 0) is 18.7 Å².